The Morgan fingerprint density at radius 2 is 1.94 bits per heavy atom. The molecule has 1 rings (SSSR count). The Kier molecular flexibility index (Phi) is 4.33. The van der Waals surface area contributed by atoms with E-state index in [0.717, 1.165) is 6.07 Å². The first-order valence-electron chi connectivity index (χ1n) is 3.88. The van der Waals surface area contributed by atoms with Gasteiger partial charge >= 0.3 is 6.18 Å². The molecule has 1 nitrogen and oxygen atoms in total. The van der Waals surface area contributed by atoms with Crippen LogP contribution in [0.4, 0.5) is 22.0 Å². The second kappa shape index (κ2) is 4.99. The fourth-order valence-electron chi connectivity index (χ4n) is 1.04. The number of hydrogen-bond donors (Lipinski definition) is 0. The second-order valence-electron chi connectivity index (χ2n) is 2.79. The summed E-state index contributed by atoms with van der Waals surface area (Å²) in [5.74, 6) is -0.486. The Morgan fingerprint density at radius 1 is 1.38 bits per heavy atom. The summed E-state index contributed by atoms with van der Waals surface area (Å²) in [4.78, 5) is 3.14. The van der Waals surface area contributed by atoms with Crippen molar-refractivity contribution in [1.29, 1.82) is 0 Å². The second-order valence-corrected chi connectivity index (χ2v) is 4.22. The van der Waals surface area contributed by atoms with Gasteiger partial charge in [0.1, 0.15) is 0 Å². The molecule has 0 aliphatic heterocycles. The van der Waals surface area contributed by atoms with Crippen molar-refractivity contribution in [2.24, 2.45) is 0 Å². The molecule has 0 spiro atoms. The molecule has 0 aliphatic rings. The topological polar surface area (TPSA) is 12.9 Å². The van der Waals surface area contributed by atoms with Gasteiger partial charge in [-0.1, -0.05) is 0 Å². The smallest absolute Gasteiger partial charge is 0.245 e. The lowest BCUT2D eigenvalue weighted by atomic mass is 10.2. The maximum absolute atomic E-state index is 12.4. The van der Waals surface area contributed by atoms with Gasteiger partial charge in [-0.2, -0.15) is 13.2 Å². The van der Waals surface area contributed by atoms with Gasteiger partial charge < -0.3 is 0 Å². The minimum absolute atomic E-state index is 0.366. The van der Waals surface area contributed by atoms with Crippen LogP contribution in [0.5, 0.6) is 0 Å². The molecular weight excluding hydrogens is 367 g/mol. The fraction of sp³-hybridized carbons (Fsp3) is 0.375. The highest BCUT2D eigenvalue weighted by Gasteiger charge is 2.36. The Morgan fingerprint density at radius 3 is 2.31 bits per heavy atom. The first-order chi connectivity index (χ1) is 7.27. The quantitative estimate of drug-likeness (QED) is 0.427. The first kappa shape index (κ1) is 13.9. The number of aromatic nitrogens is 1. The molecule has 0 fully saturated rings. The summed E-state index contributed by atoms with van der Waals surface area (Å²) < 4.78 is 61.7. The number of halogens is 7. The van der Waals surface area contributed by atoms with Crippen molar-refractivity contribution in [2.75, 3.05) is 0 Å². The van der Waals surface area contributed by atoms with E-state index in [1.54, 1.807) is 0 Å². The maximum Gasteiger partial charge on any atom is 0.434 e. The van der Waals surface area contributed by atoms with E-state index in [9.17, 15) is 22.0 Å². The lowest BCUT2D eigenvalue weighted by Crippen LogP contribution is -2.13. The summed E-state index contributed by atoms with van der Waals surface area (Å²) in [5.41, 5.74) is -2.19. The summed E-state index contributed by atoms with van der Waals surface area (Å²) in [6.07, 6.45) is -7.56. The first-order valence-corrected chi connectivity index (χ1v) is 5.49. The van der Waals surface area contributed by atoms with Gasteiger partial charge in [-0.3, -0.25) is 0 Å². The molecule has 0 radical (unpaired) electrons. The summed E-state index contributed by atoms with van der Waals surface area (Å²) in [6.45, 7) is 0. The van der Waals surface area contributed by atoms with E-state index in [0.29, 0.717) is 0 Å². The van der Waals surface area contributed by atoms with Crippen LogP contribution in [-0.2, 0) is 12.1 Å². The van der Waals surface area contributed by atoms with Crippen molar-refractivity contribution in [2.45, 2.75) is 18.5 Å². The predicted octanol–water partition coefficient (Wildman–Crippen LogP) is 4.38. The van der Waals surface area contributed by atoms with E-state index >= 15 is 0 Å². The average Bonchev–Trinajstić information content (AvgIpc) is 2.15. The van der Waals surface area contributed by atoms with Crippen molar-refractivity contribution >= 4 is 34.2 Å². The minimum atomic E-state index is -4.67. The Labute approximate surface area is 106 Å². The van der Waals surface area contributed by atoms with Gasteiger partial charge in [0, 0.05) is 9.13 Å². The molecule has 0 aliphatic carbocycles. The van der Waals surface area contributed by atoms with Gasteiger partial charge in [-0.05, 0) is 28.7 Å². The SMILES string of the molecule is FC(F)c1cc(I)c(C(F)(F)F)nc1CCl. The highest BCUT2D eigenvalue weighted by molar-refractivity contribution is 14.1. The summed E-state index contributed by atoms with van der Waals surface area (Å²) in [6, 6.07) is 0.763. The number of hydrogen-bond acceptors (Lipinski definition) is 1. The van der Waals surface area contributed by atoms with Gasteiger partial charge in [0.2, 0.25) is 0 Å². The average molecular weight is 371 g/mol. The monoisotopic (exact) mass is 371 g/mol. The zero-order valence-corrected chi connectivity index (χ0v) is 10.4. The standard InChI is InChI=1S/C8H4ClF5IN/c9-2-5-3(7(10)11)1-4(15)6(16-5)8(12,13)14/h1,7H,2H2. The van der Waals surface area contributed by atoms with Crippen LogP contribution in [-0.4, -0.2) is 4.98 Å². The number of nitrogens with zero attached hydrogens (tertiary/aromatic N) is 1. The van der Waals surface area contributed by atoms with E-state index in [1.807, 2.05) is 0 Å². The van der Waals surface area contributed by atoms with Crippen LogP contribution < -0.4 is 0 Å². The van der Waals surface area contributed by atoms with E-state index in [4.69, 9.17) is 11.6 Å². The van der Waals surface area contributed by atoms with Gasteiger partial charge in [-0.15, -0.1) is 11.6 Å². The highest BCUT2D eigenvalue weighted by Crippen LogP contribution is 2.34. The van der Waals surface area contributed by atoms with Crippen LogP contribution in [0.1, 0.15) is 23.4 Å². The molecule has 1 aromatic heterocycles. The van der Waals surface area contributed by atoms with Crippen LogP contribution in [0.25, 0.3) is 0 Å². The zero-order valence-electron chi connectivity index (χ0n) is 7.45. The third kappa shape index (κ3) is 2.93. The lowest BCUT2D eigenvalue weighted by molar-refractivity contribution is -0.142. The van der Waals surface area contributed by atoms with E-state index < -0.39 is 35.4 Å². The van der Waals surface area contributed by atoms with Gasteiger partial charge in [0.15, 0.2) is 5.69 Å². The molecule has 0 N–H and O–H groups in total. The molecule has 0 unspecified atom stereocenters. The summed E-state index contributed by atoms with van der Waals surface area (Å²) in [7, 11) is 0. The molecular formula is C8H4ClF5IN. The van der Waals surface area contributed by atoms with Crippen molar-refractivity contribution in [3.05, 3.63) is 26.6 Å². The predicted molar refractivity (Wildman–Crippen MR) is 56.5 cm³/mol. The maximum atomic E-state index is 12.4. The fourth-order valence-corrected chi connectivity index (χ4v) is 2.01. The van der Waals surface area contributed by atoms with Crippen molar-refractivity contribution in [1.82, 2.24) is 4.98 Å². The molecule has 0 amide bonds. The molecule has 90 valence electrons. The number of rotatable bonds is 2. The molecule has 0 saturated heterocycles. The molecule has 0 bridgehead atoms. The Hall–Kier alpha value is -0.180. The van der Waals surface area contributed by atoms with Crippen molar-refractivity contribution in [3.63, 3.8) is 0 Å². The van der Waals surface area contributed by atoms with E-state index in [-0.39, 0.29) is 3.57 Å². The van der Waals surface area contributed by atoms with Crippen LogP contribution in [0, 0.1) is 3.57 Å². The van der Waals surface area contributed by atoms with Crippen molar-refractivity contribution in [3.8, 4) is 0 Å². The molecule has 0 atom stereocenters. The molecule has 0 saturated carbocycles. The largest absolute Gasteiger partial charge is 0.434 e. The number of alkyl halides is 6. The zero-order chi connectivity index (χ0) is 12.5. The molecule has 1 heterocycles. The third-order valence-corrected chi connectivity index (χ3v) is 2.79. The summed E-state index contributed by atoms with van der Waals surface area (Å²) in [5, 5.41) is 0. The van der Waals surface area contributed by atoms with E-state index in [1.165, 1.54) is 22.6 Å². The minimum Gasteiger partial charge on any atom is -0.245 e. The van der Waals surface area contributed by atoms with Crippen LogP contribution in [0.2, 0.25) is 0 Å². The van der Waals surface area contributed by atoms with Crippen molar-refractivity contribution < 1.29 is 22.0 Å². The van der Waals surface area contributed by atoms with Crippen LogP contribution >= 0.6 is 34.2 Å². The lowest BCUT2D eigenvalue weighted by Gasteiger charge is -2.12. The molecule has 1 aromatic rings. The van der Waals surface area contributed by atoms with Crippen LogP contribution in [0.3, 0.4) is 0 Å². The van der Waals surface area contributed by atoms with Crippen LogP contribution in [0.15, 0.2) is 6.07 Å². The van der Waals surface area contributed by atoms with Gasteiger partial charge in [0.05, 0.1) is 11.6 Å². The number of pyridine rings is 1. The normalized spacial score (nSPS) is 12.2. The summed E-state index contributed by atoms with van der Waals surface area (Å²) >= 11 is 6.60. The molecule has 16 heavy (non-hydrogen) atoms. The molecule has 8 heteroatoms. The molecule has 0 aromatic carbocycles. The third-order valence-electron chi connectivity index (χ3n) is 1.72. The highest BCUT2D eigenvalue weighted by atomic mass is 127. The Balaban J connectivity index is 3.37. The van der Waals surface area contributed by atoms with Gasteiger partial charge in [0.25, 0.3) is 6.43 Å². The van der Waals surface area contributed by atoms with Gasteiger partial charge in [-0.25, -0.2) is 13.8 Å². The Bertz CT molecular complexity index is 393. The van der Waals surface area contributed by atoms with E-state index in [2.05, 4.69) is 4.98 Å².